The molecule has 0 radical (unpaired) electrons. The van der Waals surface area contributed by atoms with E-state index < -0.39 is 0 Å². The fraction of sp³-hybridized carbons (Fsp3) is 0.529. The Morgan fingerprint density at radius 1 is 1.39 bits per heavy atom. The summed E-state index contributed by atoms with van der Waals surface area (Å²) in [6.07, 6.45) is 0.922. The summed E-state index contributed by atoms with van der Waals surface area (Å²) < 4.78 is 0.974. The number of halogens is 1. The van der Waals surface area contributed by atoms with Crippen molar-refractivity contribution in [2.45, 2.75) is 32.4 Å². The van der Waals surface area contributed by atoms with E-state index in [9.17, 15) is 10.1 Å². The van der Waals surface area contributed by atoms with Gasteiger partial charge in [0, 0.05) is 36.7 Å². The molecule has 1 N–H and O–H groups in total. The second-order valence-corrected chi connectivity index (χ2v) is 6.78. The molecule has 1 aliphatic heterocycles. The van der Waals surface area contributed by atoms with Gasteiger partial charge >= 0.3 is 6.03 Å². The first kappa shape index (κ1) is 17.8. The Bertz CT molecular complexity index is 578. The molecule has 0 aliphatic carbocycles. The van der Waals surface area contributed by atoms with Crippen molar-refractivity contribution in [2.24, 2.45) is 0 Å². The Hall–Kier alpha value is -1.58. The van der Waals surface area contributed by atoms with E-state index in [1.165, 1.54) is 0 Å². The standard InChI is InChI=1S/C17H23BrN4O/c1-3-13(2)20-17(23)22-9-7-21(8-10-22)16(12-19)14-5-4-6-15(18)11-14/h4-6,11,13,16H,3,7-10H2,1-2H3,(H,20,23). The highest BCUT2D eigenvalue weighted by Gasteiger charge is 2.27. The van der Waals surface area contributed by atoms with Crippen LogP contribution in [0.25, 0.3) is 0 Å². The van der Waals surface area contributed by atoms with Crippen LogP contribution in [0.5, 0.6) is 0 Å². The molecule has 23 heavy (non-hydrogen) atoms. The summed E-state index contributed by atoms with van der Waals surface area (Å²) in [5.41, 5.74) is 0.986. The summed E-state index contributed by atoms with van der Waals surface area (Å²) >= 11 is 3.45. The van der Waals surface area contributed by atoms with E-state index in [4.69, 9.17) is 0 Å². The molecule has 2 amide bonds. The number of hydrogen-bond acceptors (Lipinski definition) is 3. The summed E-state index contributed by atoms with van der Waals surface area (Å²) in [6.45, 7) is 6.77. The molecule has 6 heteroatoms. The van der Waals surface area contributed by atoms with Crippen molar-refractivity contribution < 1.29 is 4.79 Å². The third kappa shape index (κ3) is 4.69. The van der Waals surface area contributed by atoms with E-state index in [-0.39, 0.29) is 18.1 Å². The number of urea groups is 1. The molecule has 2 atom stereocenters. The van der Waals surface area contributed by atoms with Crippen LogP contribution in [0.2, 0.25) is 0 Å². The van der Waals surface area contributed by atoms with E-state index in [2.05, 4.69) is 39.1 Å². The number of carbonyl (C=O) groups is 1. The van der Waals surface area contributed by atoms with Gasteiger partial charge in [-0.2, -0.15) is 5.26 Å². The highest BCUT2D eigenvalue weighted by atomic mass is 79.9. The van der Waals surface area contributed by atoms with Crippen LogP contribution in [-0.2, 0) is 0 Å². The number of nitrogens with zero attached hydrogens (tertiary/aromatic N) is 3. The average Bonchev–Trinajstić information content (AvgIpc) is 2.56. The van der Waals surface area contributed by atoms with Crippen LogP contribution in [0.3, 0.4) is 0 Å². The lowest BCUT2D eigenvalue weighted by atomic mass is 10.1. The first-order valence-electron chi connectivity index (χ1n) is 7.99. The van der Waals surface area contributed by atoms with Gasteiger partial charge in [0.05, 0.1) is 6.07 Å². The van der Waals surface area contributed by atoms with Gasteiger partial charge in [-0.15, -0.1) is 0 Å². The van der Waals surface area contributed by atoms with Gasteiger partial charge in [0.25, 0.3) is 0 Å². The largest absolute Gasteiger partial charge is 0.336 e. The lowest BCUT2D eigenvalue weighted by Crippen LogP contribution is -2.53. The van der Waals surface area contributed by atoms with Crippen LogP contribution in [-0.4, -0.2) is 48.1 Å². The molecule has 0 saturated carbocycles. The molecular weight excluding hydrogens is 356 g/mol. The smallest absolute Gasteiger partial charge is 0.317 e. The molecule has 1 heterocycles. The number of benzene rings is 1. The zero-order chi connectivity index (χ0) is 16.8. The van der Waals surface area contributed by atoms with Crippen molar-refractivity contribution in [3.05, 3.63) is 34.3 Å². The van der Waals surface area contributed by atoms with Crippen LogP contribution in [0.4, 0.5) is 4.79 Å². The third-order valence-electron chi connectivity index (χ3n) is 4.24. The minimum atomic E-state index is -0.271. The summed E-state index contributed by atoms with van der Waals surface area (Å²) in [7, 11) is 0. The normalized spacial score (nSPS) is 18.1. The van der Waals surface area contributed by atoms with Crippen molar-refractivity contribution in [1.82, 2.24) is 15.1 Å². The molecule has 0 aromatic heterocycles. The van der Waals surface area contributed by atoms with Gasteiger partial charge in [-0.05, 0) is 31.0 Å². The highest BCUT2D eigenvalue weighted by molar-refractivity contribution is 9.10. The molecule has 1 aromatic carbocycles. The SMILES string of the molecule is CCC(C)NC(=O)N1CCN(C(C#N)c2cccc(Br)c2)CC1. The zero-order valence-corrected chi connectivity index (χ0v) is 15.2. The topological polar surface area (TPSA) is 59.4 Å². The Kier molecular flexibility index (Phi) is 6.43. The summed E-state index contributed by atoms with van der Waals surface area (Å²) in [6, 6.07) is 10.2. The monoisotopic (exact) mass is 378 g/mol. The number of hydrogen-bond donors (Lipinski definition) is 1. The minimum Gasteiger partial charge on any atom is -0.336 e. The predicted molar refractivity (Wildman–Crippen MR) is 93.9 cm³/mol. The molecule has 0 bridgehead atoms. The quantitative estimate of drug-likeness (QED) is 0.875. The van der Waals surface area contributed by atoms with Crippen molar-refractivity contribution >= 4 is 22.0 Å². The molecule has 2 rings (SSSR count). The maximum atomic E-state index is 12.2. The van der Waals surface area contributed by atoms with Crippen molar-refractivity contribution in [1.29, 1.82) is 5.26 Å². The second kappa shape index (κ2) is 8.32. The average molecular weight is 379 g/mol. The molecule has 124 valence electrons. The number of piperazine rings is 1. The molecule has 2 unspecified atom stereocenters. The van der Waals surface area contributed by atoms with Gasteiger partial charge in [0.15, 0.2) is 0 Å². The molecular formula is C17H23BrN4O. The molecule has 1 saturated heterocycles. The first-order chi connectivity index (χ1) is 11.0. The summed E-state index contributed by atoms with van der Waals surface area (Å²) in [5.74, 6) is 0. The fourth-order valence-electron chi connectivity index (χ4n) is 2.63. The molecule has 1 fully saturated rings. The van der Waals surface area contributed by atoms with Crippen LogP contribution >= 0.6 is 15.9 Å². The van der Waals surface area contributed by atoms with Gasteiger partial charge < -0.3 is 10.2 Å². The molecule has 1 aromatic rings. The Labute approximate surface area is 146 Å². The number of amides is 2. The Morgan fingerprint density at radius 3 is 2.65 bits per heavy atom. The van der Waals surface area contributed by atoms with Crippen LogP contribution in [0, 0.1) is 11.3 Å². The number of nitrogens with one attached hydrogen (secondary N) is 1. The maximum absolute atomic E-state index is 12.2. The van der Waals surface area contributed by atoms with E-state index >= 15 is 0 Å². The van der Waals surface area contributed by atoms with E-state index in [0.717, 1.165) is 16.5 Å². The predicted octanol–water partition coefficient (Wildman–Crippen LogP) is 3.14. The molecule has 0 spiro atoms. The van der Waals surface area contributed by atoms with E-state index in [1.54, 1.807) is 0 Å². The van der Waals surface area contributed by atoms with Crippen LogP contribution in [0.15, 0.2) is 28.7 Å². The third-order valence-corrected chi connectivity index (χ3v) is 4.73. The first-order valence-corrected chi connectivity index (χ1v) is 8.79. The van der Waals surface area contributed by atoms with Gasteiger partial charge in [-0.1, -0.05) is 35.0 Å². The number of nitriles is 1. The van der Waals surface area contributed by atoms with Crippen LogP contribution < -0.4 is 5.32 Å². The number of rotatable bonds is 4. The minimum absolute atomic E-state index is 0.00466. The van der Waals surface area contributed by atoms with Crippen molar-refractivity contribution in [3.63, 3.8) is 0 Å². The van der Waals surface area contributed by atoms with Gasteiger partial charge in [0.1, 0.15) is 6.04 Å². The molecule has 1 aliphatic rings. The van der Waals surface area contributed by atoms with Crippen molar-refractivity contribution in [3.8, 4) is 6.07 Å². The van der Waals surface area contributed by atoms with Gasteiger partial charge in [0.2, 0.25) is 0 Å². The van der Waals surface area contributed by atoms with E-state index in [0.29, 0.717) is 26.2 Å². The molecule has 5 nitrogen and oxygen atoms in total. The highest BCUT2D eigenvalue weighted by Crippen LogP contribution is 2.24. The second-order valence-electron chi connectivity index (χ2n) is 5.87. The van der Waals surface area contributed by atoms with Crippen LogP contribution in [0.1, 0.15) is 31.9 Å². The lowest BCUT2D eigenvalue weighted by Gasteiger charge is -2.37. The Balaban J connectivity index is 1.95. The Morgan fingerprint density at radius 2 is 2.09 bits per heavy atom. The zero-order valence-electron chi connectivity index (χ0n) is 13.6. The van der Waals surface area contributed by atoms with E-state index in [1.807, 2.05) is 36.1 Å². The maximum Gasteiger partial charge on any atom is 0.317 e. The van der Waals surface area contributed by atoms with Gasteiger partial charge in [-0.25, -0.2) is 4.79 Å². The fourth-order valence-corrected chi connectivity index (χ4v) is 3.05. The van der Waals surface area contributed by atoms with Gasteiger partial charge in [-0.3, -0.25) is 4.90 Å². The lowest BCUT2D eigenvalue weighted by molar-refractivity contribution is 0.123. The number of carbonyl (C=O) groups excluding carboxylic acids is 1. The summed E-state index contributed by atoms with van der Waals surface area (Å²) in [5, 5.41) is 12.5. The summed E-state index contributed by atoms with van der Waals surface area (Å²) in [4.78, 5) is 16.1. The van der Waals surface area contributed by atoms with Crippen molar-refractivity contribution in [2.75, 3.05) is 26.2 Å².